The van der Waals surface area contributed by atoms with Crippen LogP contribution in [0.5, 0.6) is 6.08 Å². The molecule has 0 radical (unpaired) electrons. The Morgan fingerprint density at radius 1 is 1.14 bits per heavy atom. The quantitative estimate of drug-likeness (QED) is 0.691. The van der Waals surface area contributed by atoms with E-state index in [2.05, 4.69) is 34.2 Å². The van der Waals surface area contributed by atoms with Crippen molar-refractivity contribution < 1.29 is 13.7 Å². The summed E-state index contributed by atoms with van der Waals surface area (Å²) in [5.41, 5.74) is 0.837. The summed E-state index contributed by atoms with van der Waals surface area (Å²) in [6.45, 7) is 4.30. The van der Waals surface area contributed by atoms with E-state index < -0.39 is 0 Å². The number of rotatable bonds is 6. The molecule has 0 aliphatic rings. The van der Waals surface area contributed by atoms with E-state index in [1.165, 1.54) is 0 Å². The number of hydrogen-bond acceptors (Lipinski definition) is 7. The third-order valence-electron chi connectivity index (χ3n) is 2.84. The number of ether oxygens (including phenoxy) is 1. The Balaban J connectivity index is 1.60. The summed E-state index contributed by atoms with van der Waals surface area (Å²) >= 11 is 0. The maximum absolute atomic E-state index is 5.43. The van der Waals surface area contributed by atoms with Gasteiger partial charge in [0.2, 0.25) is 11.7 Å². The Bertz CT molecular complexity index is 721. The van der Waals surface area contributed by atoms with Crippen LogP contribution in [-0.2, 0) is 13.0 Å². The second-order valence-corrected chi connectivity index (χ2v) is 5.23. The molecule has 0 spiro atoms. The lowest BCUT2D eigenvalue weighted by Crippen LogP contribution is -1.99. The highest BCUT2D eigenvalue weighted by Crippen LogP contribution is 2.20. The van der Waals surface area contributed by atoms with E-state index in [0.29, 0.717) is 23.5 Å². The van der Waals surface area contributed by atoms with Gasteiger partial charge in [0.1, 0.15) is 0 Å². The van der Waals surface area contributed by atoms with E-state index >= 15 is 0 Å². The Labute approximate surface area is 127 Å². The highest BCUT2D eigenvalue weighted by molar-refractivity contribution is 5.51. The van der Waals surface area contributed by atoms with Crippen molar-refractivity contribution in [1.82, 2.24) is 20.3 Å². The Morgan fingerprint density at radius 2 is 1.95 bits per heavy atom. The summed E-state index contributed by atoms with van der Waals surface area (Å²) in [5, 5.41) is 11.6. The summed E-state index contributed by atoms with van der Waals surface area (Å²) in [6, 6.07) is 9.48. The molecular formula is C15H16N4O3. The molecular weight excluding hydrogens is 284 g/mol. The van der Waals surface area contributed by atoms with Gasteiger partial charge in [0.25, 0.3) is 5.89 Å². The van der Waals surface area contributed by atoms with Crippen molar-refractivity contribution in [2.24, 2.45) is 5.92 Å². The van der Waals surface area contributed by atoms with Crippen molar-refractivity contribution in [3.05, 3.63) is 42.0 Å². The highest BCUT2D eigenvalue weighted by Gasteiger charge is 2.12. The van der Waals surface area contributed by atoms with Crippen LogP contribution >= 0.6 is 0 Å². The molecule has 3 rings (SSSR count). The van der Waals surface area contributed by atoms with Gasteiger partial charge in [0.05, 0.1) is 0 Å². The average Bonchev–Trinajstić information content (AvgIpc) is 3.15. The van der Waals surface area contributed by atoms with E-state index in [9.17, 15) is 0 Å². The SMILES string of the molecule is CC(C)Cc1nc(COc2nnc(-c3ccccc3)o2)no1. The zero-order chi connectivity index (χ0) is 15.4. The number of aromatic nitrogens is 4. The summed E-state index contributed by atoms with van der Waals surface area (Å²) in [5.74, 6) is 1.92. The first-order chi connectivity index (χ1) is 10.7. The minimum atomic E-state index is 0.0778. The van der Waals surface area contributed by atoms with Crippen molar-refractivity contribution in [3.8, 4) is 17.5 Å². The molecule has 2 heterocycles. The molecule has 0 atom stereocenters. The van der Waals surface area contributed by atoms with Crippen LogP contribution in [0.4, 0.5) is 0 Å². The molecule has 0 saturated heterocycles. The second kappa shape index (κ2) is 6.38. The first-order valence-electron chi connectivity index (χ1n) is 7.04. The molecule has 0 aliphatic carbocycles. The molecule has 0 saturated carbocycles. The molecule has 7 nitrogen and oxygen atoms in total. The fourth-order valence-corrected chi connectivity index (χ4v) is 1.87. The Morgan fingerprint density at radius 3 is 2.73 bits per heavy atom. The minimum absolute atomic E-state index is 0.0778. The van der Waals surface area contributed by atoms with Crippen LogP contribution in [-0.4, -0.2) is 20.3 Å². The van der Waals surface area contributed by atoms with Crippen molar-refractivity contribution in [1.29, 1.82) is 0 Å². The second-order valence-electron chi connectivity index (χ2n) is 5.23. The standard InChI is InChI=1S/C15H16N4O3/c1-10(2)8-13-16-12(19-22-13)9-20-15-18-17-14(21-15)11-6-4-3-5-7-11/h3-7,10H,8-9H2,1-2H3. The lowest BCUT2D eigenvalue weighted by molar-refractivity contribution is 0.212. The van der Waals surface area contributed by atoms with E-state index in [-0.39, 0.29) is 12.7 Å². The number of benzene rings is 1. The van der Waals surface area contributed by atoms with Crippen LogP contribution in [0.3, 0.4) is 0 Å². The first kappa shape index (κ1) is 14.2. The highest BCUT2D eigenvalue weighted by atomic mass is 16.6. The molecule has 0 unspecified atom stereocenters. The van der Waals surface area contributed by atoms with Crippen molar-refractivity contribution in [2.75, 3.05) is 0 Å². The molecule has 0 aliphatic heterocycles. The fourth-order valence-electron chi connectivity index (χ4n) is 1.87. The fraction of sp³-hybridized carbons (Fsp3) is 0.333. The molecule has 114 valence electrons. The number of hydrogen-bond donors (Lipinski definition) is 0. The van der Waals surface area contributed by atoms with Crippen molar-refractivity contribution in [3.63, 3.8) is 0 Å². The van der Waals surface area contributed by atoms with Gasteiger partial charge in [-0.25, -0.2) is 0 Å². The van der Waals surface area contributed by atoms with Crippen LogP contribution < -0.4 is 4.74 Å². The zero-order valence-electron chi connectivity index (χ0n) is 12.4. The van der Waals surface area contributed by atoms with E-state index in [0.717, 1.165) is 12.0 Å². The van der Waals surface area contributed by atoms with Gasteiger partial charge in [0, 0.05) is 12.0 Å². The maximum atomic E-state index is 5.43. The van der Waals surface area contributed by atoms with Gasteiger partial charge in [-0.05, 0) is 18.1 Å². The topological polar surface area (TPSA) is 87.1 Å². The Kier molecular flexibility index (Phi) is 4.13. The van der Waals surface area contributed by atoms with Gasteiger partial charge < -0.3 is 13.7 Å². The smallest absolute Gasteiger partial charge is 0.415 e. The lowest BCUT2D eigenvalue weighted by atomic mass is 10.1. The molecule has 2 aromatic heterocycles. The average molecular weight is 300 g/mol. The molecule has 0 bridgehead atoms. The van der Waals surface area contributed by atoms with Crippen LogP contribution in [0.15, 0.2) is 39.3 Å². The Hall–Kier alpha value is -2.70. The maximum Gasteiger partial charge on any atom is 0.415 e. The van der Waals surface area contributed by atoms with Gasteiger partial charge in [-0.3, -0.25) is 0 Å². The molecule has 0 amide bonds. The zero-order valence-corrected chi connectivity index (χ0v) is 12.4. The van der Waals surface area contributed by atoms with E-state index in [4.69, 9.17) is 13.7 Å². The summed E-state index contributed by atoms with van der Waals surface area (Å²) in [7, 11) is 0. The summed E-state index contributed by atoms with van der Waals surface area (Å²) < 4.78 is 16.0. The molecule has 1 aromatic carbocycles. The summed E-state index contributed by atoms with van der Waals surface area (Å²) in [4.78, 5) is 4.24. The van der Waals surface area contributed by atoms with Gasteiger partial charge >= 0.3 is 6.08 Å². The third-order valence-corrected chi connectivity index (χ3v) is 2.84. The van der Waals surface area contributed by atoms with Crippen molar-refractivity contribution >= 4 is 0 Å². The van der Waals surface area contributed by atoms with Crippen LogP contribution in [0.2, 0.25) is 0 Å². The predicted octanol–water partition coefficient (Wildman–Crippen LogP) is 2.90. The van der Waals surface area contributed by atoms with E-state index in [1.807, 2.05) is 30.3 Å². The first-order valence-corrected chi connectivity index (χ1v) is 7.04. The van der Waals surface area contributed by atoms with E-state index in [1.54, 1.807) is 0 Å². The third kappa shape index (κ3) is 3.49. The molecule has 0 fully saturated rings. The molecule has 3 aromatic rings. The molecule has 7 heteroatoms. The van der Waals surface area contributed by atoms with Crippen LogP contribution in [0, 0.1) is 5.92 Å². The van der Waals surface area contributed by atoms with Gasteiger partial charge in [-0.1, -0.05) is 42.3 Å². The van der Waals surface area contributed by atoms with Crippen molar-refractivity contribution in [2.45, 2.75) is 26.9 Å². The van der Waals surface area contributed by atoms with Gasteiger partial charge in [-0.2, -0.15) is 4.98 Å². The predicted molar refractivity (Wildman–Crippen MR) is 76.9 cm³/mol. The van der Waals surface area contributed by atoms with Gasteiger partial charge in [-0.15, -0.1) is 5.10 Å². The van der Waals surface area contributed by atoms with Gasteiger partial charge in [0.15, 0.2) is 6.61 Å². The minimum Gasteiger partial charge on any atom is -0.441 e. The number of nitrogens with zero attached hydrogens (tertiary/aromatic N) is 4. The lowest BCUT2D eigenvalue weighted by Gasteiger charge is -1.96. The van der Waals surface area contributed by atoms with Crippen LogP contribution in [0.1, 0.15) is 25.6 Å². The monoisotopic (exact) mass is 300 g/mol. The molecule has 0 N–H and O–H groups in total. The summed E-state index contributed by atoms with van der Waals surface area (Å²) in [6.07, 6.45) is 0.820. The normalized spacial score (nSPS) is 11.0. The van der Waals surface area contributed by atoms with Crippen LogP contribution in [0.25, 0.3) is 11.5 Å². The molecule has 22 heavy (non-hydrogen) atoms. The largest absolute Gasteiger partial charge is 0.441 e.